The first kappa shape index (κ1) is 14.2. The molecule has 110 valence electrons. The maximum Gasteiger partial charge on any atom is 0.320 e. The predicted octanol–water partition coefficient (Wildman–Crippen LogP) is 2.43. The van der Waals surface area contributed by atoms with Crippen molar-refractivity contribution in [2.24, 2.45) is 0 Å². The molecule has 0 saturated carbocycles. The van der Waals surface area contributed by atoms with E-state index in [9.17, 15) is 9.90 Å². The molecular formula is C15H17N3O2S. The van der Waals surface area contributed by atoms with Crippen LogP contribution in [0.15, 0.2) is 24.4 Å². The molecule has 1 aliphatic rings. The summed E-state index contributed by atoms with van der Waals surface area (Å²) in [5.41, 5.74) is 1.98. The highest BCUT2D eigenvalue weighted by Gasteiger charge is 2.29. The molecule has 5 nitrogen and oxygen atoms in total. The van der Waals surface area contributed by atoms with E-state index in [2.05, 4.69) is 9.97 Å². The molecule has 0 aliphatic carbocycles. The second-order valence-electron chi connectivity index (χ2n) is 5.09. The van der Waals surface area contributed by atoms with Crippen LogP contribution in [0.25, 0.3) is 10.7 Å². The maximum atomic E-state index is 11.3. The zero-order chi connectivity index (χ0) is 14.8. The van der Waals surface area contributed by atoms with Crippen molar-refractivity contribution in [3.05, 3.63) is 35.0 Å². The van der Waals surface area contributed by atoms with Gasteiger partial charge in [-0.25, -0.2) is 4.98 Å². The Morgan fingerprint density at radius 3 is 3.05 bits per heavy atom. The average Bonchev–Trinajstić information content (AvgIpc) is 2.92. The van der Waals surface area contributed by atoms with Crippen molar-refractivity contribution < 1.29 is 9.90 Å². The van der Waals surface area contributed by atoms with Crippen molar-refractivity contribution in [1.29, 1.82) is 0 Å². The van der Waals surface area contributed by atoms with Crippen molar-refractivity contribution in [3.8, 4) is 10.7 Å². The van der Waals surface area contributed by atoms with E-state index in [-0.39, 0.29) is 0 Å². The molecule has 0 fully saturated rings. The fraction of sp³-hybridized carbons (Fsp3) is 0.400. The molecule has 1 aliphatic heterocycles. The summed E-state index contributed by atoms with van der Waals surface area (Å²) in [5.74, 6) is -0.740. The van der Waals surface area contributed by atoms with Crippen molar-refractivity contribution >= 4 is 17.3 Å². The number of carboxylic acids is 1. The minimum Gasteiger partial charge on any atom is -0.480 e. The van der Waals surface area contributed by atoms with Gasteiger partial charge >= 0.3 is 5.97 Å². The van der Waals surface area contributed by atoms with E-state index >= 15 is 0 Å². The summed E-state index contributed by atoms with van der Waals surface area (Å²) >= 11 is 1.62. The molecule has 3 heterocycles. The van der Waals surface area contributed by atoms with E-state index in [0.717, 1.165) is 29.4 Å². The highest BCUT2D eigenvalue weighted by molar-refractivity contribution is 7.15. The molecule has 0 aromatic carbocycles. The largest absolute Gasteiger partial charge is 0.480 e. The molecule has 1 N–H and O–H groups in total. The Bertz CT molecular complexity index is 642. The lowest BCUT2D eigenvalue weighted by atomic mass is 10.1. The number of rotatable bonds is 4. The van der Waals surface area contributed by atoms with Crippen molar-refractivity contribution in [2.75, 3.05) is 6.54 Å². The van der Waals surface area contributed by atoms with E-state index in [1.54, 1.807) is 17.5 Å². The van der Waals surface area contributed by atoms with Gasteiger partial charge in [0.05, 0.1) is 11.4 Å². The van der Waals surface area contributed by atoms with Gasteiger partial charge in [0.25, 0.3) is 0 Å². The minimum absolute atomic E-state index is 0.404. The predicted molar refractivity (Wildman–Crippen MR) is 81.2 cm³/mol. The molecule has 0 radical (unpaired) electrons. The zero-order valence-corrected chi connectivity index (χ0v) is 12.6. The molecule has 21 heavy (non-hydrogen) atoms. The molecule has 0 bridgehead atoms. The van der Waals surface area contributed by atoms with Crippen LogP contribution >= 0.6 is 11.3 Å². The number of carbonyl (C=O) groups is 1. The summed E-state index contributed by atoms with van der Waals surface area (Å²) in [5, 5.41) is 10.2. The van der Waals surface area contributed by atoms with Gasteiger partial charge in [-0.3, -0.25) is 14.7 Å². The van der Waals surface area contributed by atoms with Gasteiger partial charge in [0, 0.05) is 30.6 Å². The van der Waals surface area contributed by atoms with E-state index in [1.165, 1.54) is 4.88 Å². The number of carboxylic acid groups (broad SMARTS) is 1. The van der Waals surface area contributed by atoms with Crippen molar-refractivity contribution in [3.63, 3.8) is 0 Å². The summed E-state index contributed by atoms with van der Waals surface area (Å²) in [6, 6.07) is 5.39. The molecular weight excluding hydrogens is 286 g/mol. The van der Waals surface area contributed by atoms with Crippen LogP contribution in [0, 0.1) is 0 Å². The Hall–Kier alpha value is -1.79. The van der Waals surface area contributed by atoms with Gasteiger partial charge in [-0.1, -0.05) is 13.0 Å². The SMILES string of the molecule is CCC(C(=O)O)N1CCc2nc(-c3ccccn3)sc2C1. The lowest BCUT2D eigenvalue weighted by Crippen LogP contribution is -2.43. The number of aliphatic carboxylic acids is 1. The molecule has 0 spiro atoms. The summed E-state index contributed by atoms with van der Waals surface area (Å²) in [7, 11) is 0. The molecule has 2 aromatic rings. The number of aromatic nitrogens is 2. The molecule has 0 saturated heterocycles. The highest BCUT2D eigenvalue weighted by Crippen LogP contribution is 2.31. The minimum atomic E-state index is -0.740. The summed E-state index contributed by atoms with van der Waals surface area (Å²) in [4.78, 5) is 23.5. The van der Waals surface area contributed by atoms with Crippen LogP contribution < -0.4 is 0 Å². The molecule has 1 atom stereocenters. The number of hydrogen-bond acceptors (Lipinski definition) is 5. The fourth-order valence-electron chi connectivity index (χ4n) is 2.67. The first-order chi connectivity index (χ1) is 10.2. The Labute approximate surface area is 127 Å². The van der Waals surface area contributed by atoms with Crippen molar-refractivity contribution in [1.82, 2.24) is 14.9 Å². The third-order valence-electron chi connectivity index (χ3n) is 3.76. The lowest BCUT2D eigenvalue weighted by molar-refractivity contribution is -0.143. The number of pyridine rings is 1. The Balaban J connectivity index is 1.84. The second-order valence-corrected chi connectivity index (χ2v) is 6.17. The van der Waals surface area contributed by atoms with Crippen LogP contribution in [-0.4, -0.2) is 38.5 Å². The Morgan fingerprint density at radius 1 is 1.52 bits per heavy atom. The lowest BCUT2D eigenvalue weighted by Gasteiger charge is -2.30. The summed E-state index contributed by atoms with van der Waals surface area (Å²) in [6.07, 6.45) is 3.19. The van der Waals surface area contributed by atoms with E-state index < -0.39 is 12.0 Å². The molecule has 6 heteroatoms. The Morgan fingerprint density at radius 2 is 2.38 bits per heavy atom. The smallest absolute Gasteiger partial charge is 0.320 e. The van der Waals surface area contributed by atoms with Crippen LogP contribution in [0.5, 0.6) is 0 Å². The fourth-order valence-corrected chi connectivity index (χ4v) is 3.78. The monoisotopic (exact) mass is 303 g/mol. The molecule has 1 unspecified atom stereocenters. The topological polar surface area (TPSA) is 66.3 Å². The molecule has 2 aromatic heterocycles. The van der Waals surface area contributed by atoms with Crippen LogP contribution in [0.4, 0.5) is 0 Å². The number of nitrogens with zero attached hydrogens (tertiary/aromatic N) is 3. The van der Waals surface area contributed by atoms with Crippen LogP contribution in [-0.2, 0) is 17.8 Å². The third-order valence-corrected chi connectivity index (χ3v) is 4.86. The van der Waals surface area contributed by atoms with Gasteiger partial charge in [0.2, 0.25) is 0 Å². The van der Waals surface area contributed by atoms with Gasteiger partial charge in [-0.15, -0.1) is 11.3 Å². The molecule has 3 rings (SSSR count). The number of hydrogen-bond donors (Lipinski definition) is 1. The Kier molecular flexibility index (Phi) is 3.98. The van der Waals surface area contributed by atoms with E-state index in [1.807, 2.05) is 30.0 Å². The normalized spacial score (nSPS) is 16.4. The highest BCUT2D eigenvalue weighted by atomic mass is 32.1. The van der Waals surface area contributed by atoms with Crippen LogP contribution in [0.1, 0.15) is 23.9 Å². The van der Waals surface area contributed by atoms with Gasteiger partial charge < -0.3 is 5.11 Å². The van der Waals surface area contributed by atoms with Crippen LogP contribution in [0.3, 0.4) is 0 Å². The number of thiazole rings is 1. The second kappa shape index (κ2) is 5.91. The first-order valence-corrected chi connectivity index (χ1v) is 7.87. The zero-order valence-electron chi connectivity index (χ0n) is 11.8. The van der Waals surface area contributed by atoms with Gasteiger partial charge in [0.15, 0.2) is 0 Å². The van der Waals surface area contributed by atoms with E-state index in [0.29, 0.717) is 13.0 Å². The number of fused-ring (bicyclic) bond motifs is 1. The van der Waals surface area contributed by atoms with Crippen molar-refractivity contribution in [2.45, 2.75) is 32.4 Å². The van der Waals surface area contributed by atoms with Crippen LogP contribution in [0.2, 0.25) is 0 Å². The van der Waals surface area contributed by atoms with Gasteiger partial charge in [-0.05, 0) is 18.6 Å². The maximum absolute atomic E-state index is 11.3. The molecule has 0 amide bonds. The first-order valence-electron chi connectivity index (χ1n) is 7.06. The quantitative estimate of drug-likeness (QED) is 0.939. The average molecular weight is 303 g/mol. The summed E-state index contributed by atoms with van der Waals surface area (Å²) < 4.78 is 0. The third kappa shape index (κ3) is 2.82. The van der Waals surface area contributed by atoms with Gasteiger partial charge in [0.1, 0.15) is 11.0 Å². The summed E-state index contributed by atoms with van der Waals surface area (Å²) in [6.45, 7) is 3.34. The van der Waals surface area contributed by atoms with E-state index in [4.69, 9.17) is 0 Å². The van der Waals surface area contributed by atoms with Gasteiger partial charge in [-0.2, -0.15) is 0 Å². The standard InChI is InChI=1S/C15H17N3O2S/c1-2-12(15(19)20)18-8-6-10-13(9-18)21-14(17-10)11-5-3-4-7-16-11/h3-5,7,12H,2,6,8-9H2,1H3,(H,19,20).